The van der Waals surface area contributed by atoms with Crippen molar-refractivity contribution in [1.29, 1.82) is 0 Å². The summed E-state index contributed by atoms with van der Waals surface area (Å²) in [5.41, 5.74) is 5.65. The zero-order valence-corrected chi connectivity index (χ0v) is 12.8. The van der Waals surface area contributed by atoms with E-state index in [1.165, 1.54) is 22.8 Å². The van der Waals surface area contributed by atoms with Gasteiger partial charge in [0.1, 0.15) is 5.82 Å². The van der Waals surface area contributed by atoms with Crippen LogP contribution < -0.4 is 17.0 Å². The van der Waals surface area contributed by atoms with E-state index in [0.29, 0.717) is 13.0 Å². The van der Waals surface area contributed by atoms with Crippen molar-refractivity contribution in [1.82, 2.24) is 9.13 Å². The first kappa shape index (κ1) is 16.5. The van der Waals surface area contributed by atoms with E-state index in [2.05, 4.69) is 0 Å². The lowest BCUT2D eigenvalue weighted by atomic mass is 10.1. The van der Waals surface area contributed by atoms with Gasteiger partial charge in [0.05, 0.1) is 4.92 Å². The minimum absolute atomic E-state index is 0.00343. The van der Waals surface area contributed by atoms with Crippen LogP contribution in [0.15, 0.2) is 39.9 Å². The number of benzene rings is 1. The smallest absolute Gasteiger partial charge is 0.332 e. The Morgan fingerprint density at radius 3 is 2.35 bits per heavy atom. The summed E-state index contributed by atoms with van der Waals surface area (Å²) >= 11 is 0. The summed E-state index contributed by atoms with van der Waals surface area (Å²) in [5.74, 6) is 0.161. The van der Waals surface area contributed by atoms with Crippen LogP contribution in [-0.4, -0.2) is 14.1 Å². The lowest BCUT2D eigenvalue weighted by molar-refractivity contribution is -0.384. The second-order valence-electron chi connectivity index (χ2n) is 5.17. The van der Waals surface area contributed by atoms with E-state index >= 15 is 0 Å². The SMILES string of the molecule is CCCn1c(N)cc(=O)n(CCc2ccc([N+](=O)[O-])cc2)c1=O. The number of non-ortho nitro benzene ring substituents is 1. The normalized spacial score (nSPS) is 10.7. The van der Waals surface area contributed by atoms with Gasteiger partial charge in [-0.3, -0.25) is 24.0 Å². The van der Waals surface area contributed by atoms with Crippen LogP contribution >= 0.6 is 0 Å². The van der Waals surface area contributed by atoms with Crippen LogP contribution in [0, 0.1) is 10.1 Å². The Morgan fingerprint density at radius 1 is 1.13 bits per heavy atom. The lowest BCUT2D eigenvalue weighted by Gasteiger charge is -2.12. The average Bonchev–Trinajstić information content (AvgIpc) is 2.51. The van der Waals surface area contributed by atoms with Crippen LogP contribution in [-0.2, 0) is 19.5 Å². The molecule has 1 aromatic carbocycles. The Balaban J connectivity index is 2.23. The summed E-state index contributed by atoms with van der Waals surface area (Å²) in [7, 11) is 0. The number of aryl methyl sites for hydroxylation is 1. The minimum atomic E-state index is -0.475. The fourth-order valence-corrected chi connectivity index (χ4v) is 2.31. The van der Waals surface area contributed by atoms with E-state index < -0.39 is 16.2 Å². The first-order valence-corrected chi connectivity index (χ1v) is 7.27. The molecule has 8 nitrogen and oxygen atoms in total. The Kier molecular flexibility index (Phi) is 4.95. The third-order valence-electron chi connectivity index (χ3n) is 3.53. The van der Waals surface area contributed by atoms with Gasteiger partial charge in [-0.15, -0.1) is 0 Å². The monoisotopic (exact) mass is 318 g/mol. The number of nitrogens with two attached hydrogens (primary N) is 1. The number of hydrogen-bond acceptors (Lipinski definition) is 5. The predicted molar refractivity (Wildman–Crippen MR) is 86.5 cm³/mol. The molecule has 0 aliphatic carbocycles. The maximum absolute atomic E-state index is 12.3. The lowest BCUT2D eigenvalue weighted by Crippen LogP contribution is -2.40. The fourth-order valence-electron chi connectivity index (χ4n) is 2.31. The van der Waals surface area contributed by atoms with Crippen LogP contribution in [0.25, 0.3) is 0 Å². The topological polar surface area (TPSA) is 113 Å². The van der Waals surface area contributed by atoms with Crippen LogP contribution in [0.4, 0.5) is 11.5 Å². The molecular formula is C15H18N4O4. The average molecular weight is 318 g/mol. The summed E-state index contributed by atoms with van der Waals surface area (Å²) in [4.78, 5) is 34.4. The molecule has 2 aromatic rings. The Morgan fingerprint density at radius 2 is 1.78 bits per heavy atom. The van der Waals surface area contributed by atoms with Crippen molar-refractivity contribution < 1.29 is 4.92 Å². The number of nitrogen functional groups attached to an aromatic ring is 1. The maximum atomic E-state index is 12.3. The van der Waals surface area contributed by atoms with Crippen molar-refractivity contribution in [3.8, 4) is 0 Å². The second-order valence-corrected chi connectivity index (χ2v) is 5.17. The number of nitro benzene ring substituents is 1. The summed E-state index contributed by atoms with van der Waals surface area (Å²) in [6.45, 7) is 2.56. The molecule has 2 rings (SSSR count). The largest absolute Gasteiger partial charge is 0.385 e. The Labute approximate surface area is 131 Å². The van der Waals surface area contributed by atoms with E-state index in [0.717, 1.165) is 16.6 Å². The van der Waals surface area contributed by atoms with E-state index in [1.54, 1.807) is 12.1 Å². The summed E-state index contributed by atoms with van der Waals surface area (Å²) in [6, 6.07) is 7.27. The molecule has 0 atom stereocenters. The van der Waals surface area contributed by atoms with Gasteiger partial charge >= 0.3 is 5.69 Å². The molecule has 1 aromatic heterocycles. The summed E-state index contributed by atoms with van der Waals surface area (Å²) < 4.78 is 2.50. The van der Waals surface area contributed by atoms with Crippen LogP contribution in [0.5, 0.6) is 0 Å². The third kappa shape index (κ3) is 3.65. The first-order valence-electron chi connectivity index (χ1n) is 7.27. The van der Waals surface area contributed by atoms with Gasteiger partial charge in [-0.25, -0.2) is 4.79 Å². The highest BCUT2D eigenvalue weighted by atomic mass is 16.6. The zero-order valence-electron chi connectivity index (χ0n) is 12.8. The van der Waals surface area contributed by atoms with Crippen molar-refractivity contribution in [2.45, 2.75) is 32.9 Å². The quantitative estimate of drug-likeness (QED) is 0.634. The summed E-state index contributed by atoms with van der Waals surface area (Å²) in [6.07, 6.45) is 1.15. The minimum Gasteiger partial charge on any atom is -0.385 e. The maximum Gasteiger partial charge on any atom is 0.332 e. The number of rotatable bonds is 6. The number of nitro groups is 1. The molecule has 23 heavy (non-hydrogen) atoms. The van der Waals surface area contributed by atoms with Gasteiger partial charge in [0.15, 0.2) is 0 Å². The van der Waals surface area contributed by atoms with E-state index in [1.807, 2.05) is 6.92 Å². The number of nitrogens with zero attached hydrogens (tertiary/aromatic N) is 3. The molecule has 0 bridgehead atoms. The standard InChI is InChI=1S/C15H18N4O4/c1-2-8-17-13(16)10-14(20)18(15(17)21)9-7-11-3-5-12(6-4-11)19(22)23/h3-6,10H,2,7-9,16H2,1H3. The van der Waals surface area contributed by atoms with E-state index in [4.69, 9.17) is 5.73 Å². The molecule has 0 saturated heterocycles. The molecular weight excluding hydrogens is 300 g/mol. The summed E-state index contributed by atoms with van der Waals surface area (Å²) in [5, 5.41) is 10.6. The van der Waals surface area contributed by atoms with Crippen LogP contribution in [0.1, 0.15) is 18.9 Å². The van der Waals surface area contributed by atoms with Gasteiger partial charge < -0.3 is 5.73 Å². The Hall–Kier alpha value is -2.90. The number of aromatic nitrogens is 2. The van der Waals surface area contributed by atoms with Crippen molar-refractivity contribution in [2.24, 2.45) is 0 Å². The second kappa shape index (κ2) is 6.91. The van der Waals surface area contributed by atoms with Crippen LogP contribution in [0.2, 0.25) is 0 Å². The molecule has 0 spiro atoms. The molecule has 0 fully saturated rings. The molecule has 2 N–H and O–H groups in total. The molecule has 0 saturated carbocycles. The van der Waals surface area contributed by atoms with Gasteiger partial charge in [0.2, 0.25) is 0 Å². The number of anilines is 1. The van der Waals surface area contributed by atoms with E-state index in [-0.39, 0.29) is 18.1 Å². The van der Waals surface area contributed by atoms with Gasteiger partial charge in [-0.1, -0.05) is 19.1 Å². The van der Waals surface area contributed by atoms with Gasteiger partial charge in [-0.2, -0.15) is 0 Å². The third-order valence-corrected chi connectivity index (χ3v) is 3.53. The molecule has 0 amide bonds. The highest BCUT2D eigenvalue weighted by molar-refractivity contribution is 5.33. The van der Waals surface area contributed by atoms with Gasteiger partial charge in [-0.05, 0) is 18.4 Å². The van der Waals surface area contributed by atoms with Crippen LogP contribution in [0.3, 0.4) is 0 Å². The number of hydrogen-bond donors (Lipinski definition) is 1. The zero-order chi connectivity index (χ0) is 17.0. The molecule has 0 unspecified atom stereocenters. The van der Waals surface area contributed by atoms with Gasteiger partial charge in [0.25, 0.3) is 11.2 Å². The molecule has 0 aliphatic rings. The molecule has 8 heteroatoms. The molecule has 0 radical (unpaired) electrons. The Bertz CT molecular complexity index is 821. The van der Waals surface area contributed by atoms with Crippen molar-refractivity contribution >= 4 is 11.5 Å². The first-order chi connectivity index (χ1) is 10.9. The van der Waals surface area contributed by atoms with Crippen molar-refractivity contribution in [3.05, 3.63) is 66.8 Å². The predicted octanol–water partition coefficient (Wildman–Crippen LogP) is 1.15. The molecule has 122 valence electrons. The highest BCUT2D eigenvalue weighted by Crippen LogP contribution is 2.12. The molecule has 1 heterocycles. The highest BCUT2D eigenvalue weighted by Gasteiger charge is 2.09. The van der Waals surface area contributed by atoms with Crippen molar-refractivity contribution in [2.75, 3.05) is 5.73 Å². The van der Waals surface area contributed by atoms with Crippen molar-refractivity contribution in [3.63, 3.8) is 0 Å². The fraction of sp³-hybridized carbons (Fsp3) is 0.333. The van der Waals surface area contributed by atoms with Gasteiger partial charge in [0, 0.05) is 31.3 Å². The molecule has 0 aliphatic heterocycles. The van der Waals surface area contributed by atoms with E-state index in [9.17, 15) is 19.7 Å².